The number of nitrogens with one attached hydrogen (secondary N) is 1. The Morgan fingerprint density at radius 3 is 2.61 bits per heavy atom. The number of fused-ring (bicyclic) bond motifs is 4. The quantitative estimate of drug-likeness (QED) is 0.736. The van der Waals surface area contributed by atoms with Gasteiger partial charge in [-0.15, -0.1) is 0 Å². The highest BCUT2D eigenvalue weighted by Gasteiger charge is 2.44. The Morgan fingerprint density at radius 2 is 1.89 bits per heavy atom. The number of aromatic amines is 1. The van der Waals surface area contributed by atoms with Gasteiger partial charge < -0.3 is 10.7 Å². The lowest BCUT2D eigenvalue weighted by Gasteiger charge is -2.47. The highest BCUT2D eigenvalue weighted by molar-refractivity contribution is 5.83. The molecule has 3 aliphatic heterocycles. The number of nitrogens with two attached hydrogens (primary N) is 1. The third kappa shape index (κ3) is 1.29. The van der Waals surface area contributed by atoms with E-state index < -0.39 is 0 Å². The number of aromatic nitrogens is 4. The molecule has 3 aliphatic rings. The third-order valence-electron chi connectivity index (χ3n) is 4.63. The molecule has 18 heavy (non-hydrogen) atoms. The molecular weight excluding hydrogens is 228 g/mol. The number of hydrogen-bond donors (Lipinski definition) is 2. The van der Waals surface area contributed by atoms with Crippen molar-refractivity contribution in [1.82, 2.24) is 24.4 Å². The van der Waals surface area contributed by atoms with Crippen LogP contribution in [-0.2, 0) is 0 Å². The monoisotopic (exact) mass is 245 g/mol. The lowest BCUT2D eigenvalue weighted by atomic mass is 9.85. The van der Waals surface area contributed by atoms with Crippen LogP contribution in [0, 0.1) is 5.92 Å². The van der Waals surface area contributed by atoms with Crippen molar-refractivity contribution in [3.8, 4) is 0 Å². The van der Waals surface area contributed by atoms with Gasteiger partial charge in [-0.3, -0.25) is 4.48 Å². The first-order valence-electron chi connectivity index (χ1n) is 6.60. The van der Waals surface area contributed by atoms with E-state index in [4.69, 9.17) is 5.73 Å². The molecule has 3 N–H and O–H groups in total. The normalized spacial score (nSPS) is 31.0. The van der Waals surface area contributed by atoms with Crippen LogP contribution in [0.25, 0.3) is 11.2 Å². The average molecular weight is 245 g/mol. The molecule has 0 aromatic carbocycles. The lowest BCUT2D eigenvalue weighted by molar-refractivity contribution is 0.112. The topological polar surface area (TPSA) is 80.5 Å². The maximum absolute atomic E-state index is 5.83. The number of nitrogens with zero attached hydrogens (tertiary/aromatic N) is 4. The Balaban J connectivity index is 1.93. The van der Waals surface area contributed by atoms with Crippen LogP contribution in [0.1, 0.15) is 19.3 Å². The Kier molecular flexibility index (Phi) is 1.94. The Morgan fingerprint density at radius 1 is 1.17 bits per heavy atom. The zero-order valence-electron chi connectivity index (χ0n) is 10.3. The number of nitrogen functional groups attached to an aromatic ring is 1. The van der Waals surface area contributed by atoms with Gasteiger partial charge in [0.15, 0.2) is 11.2 Å². The van der Waals surface area contributed by atoms with Crippen molar-refractivity contribution in [2.75, 3.05) is 25.4 Å². The summed E-state index contributed by atoms with van der Waals surface area (Å²) < 4.78 is 0.960. The molecule has 0 unspecified atom stereocenters. The summed E-state index contributed by atoms with van der Waals surface area (Å²) in [6, 6.07) is 0. The summed E-state index contributed by atoms with van der Waals surface area (Å²) >= 11 is 0. The van der Waals surface area contributed by atoms with Crippen molar-refractivity contribution >= 4 is 22.9 Å². The molecule has 5 heterocycles. The summed E-state index contributed by atoms with van der Waals surface area (Å²) in [4.78, 5) is 16.1. The summed E-state index contributed by atoms with van der Waals surface area (Å²) in [5, 5.41) is 0. The van der Waals surface area contributed by atoms with Gasteiger partial charge in [-0.1, -0.05) is 0 Å². The minimum absolute atomic E-state index is 0.338. The summed E-state index contributed by atoms with van der Waals surface area (Å²) in [7, 11) is 0. The van der Waals surface area contributed by atoms with Crippen LogP contribution in [-0.4, -0.2) is 39.6 Å². The second kappa shape index (κ2) is 3.41. The van der Waals surface area contributed by atoms with E-state index in [1.165, 1.54) is 38.9 Å². The predicted octanol–water partition coefficient (Wildman–Crippen LogP) is 1.06. The van der Waals surface area contributed by atoms with Gasteiger partial charge in [0.2, 0.25) is 5.95 Å². The summed E-state index contributed by atoms with van der Waals surface area (Å²) in [5.41, 5.74) is 7.49. The lowest BCUT2D eigenvalue weighted by Crippen LogP contribution is -2.60. The number of hydrogen-bond acceptors (Lipinski definition) is 4. The number of piperidine rings is 3. The zero-order chi connectivity index (χ0) is 12.2. The van der Waals surface area contributed by atoms with Gasteiger partial charge in [0.1, 0.15) is 0 Å². The molecule has 6 nitrogen and oxygen atoms in total. The van der Waals surface area contributed by atoms with Gasteiger partial charge in [0.25, 0.3) is 5.82 Å². The number of anilines is 1. The molecule has 0 radical (unpaired) electrons. The summed E-state index contributed by atoms with van der Waals surface area (Å²) in [5.74, 6) is 2.32. The zero-order valence-corrected chi connectivity index (χ0v) is 10.3. The summed E-state index contributed by atoms with van der Waals surface area (Å²) in [6.07, 6.45) is 5.59. The molecule has 2 aromatic rings. The SMILES string of the molecule is Nc1nc([N+]23CCC(CC2)CC3)c2[nH]cnc2n1. The smallest absolute Gasteiger partial charge is 0.258 e. The molecule has 0 saturated carbocycles. The van der Waals surface area contributed by atoms with Gasteiger partial charge in [-0.2, -0.15) is 9.97 Å². The standard InChI is InChI=1S/C12H17N6/c13-12-16-10-9(14-7-15-10)11(17-12)18-4-1-8(2-5-18)3-6-18/h7-8H,1-6H2,(H3,13,14,15,16,17)/q+1. The number of quaternary nitrogens is 1. The summed E-state index contributed by atoms with van der Waals surface area (Å²) in [6.45, 7) is 3.53. The molecule has 94 valence electrons. The maximum Gasteiger partial charge on any atom is 0.258 e. The van der Waals surface area contributed by atoms with Crippen molar-refractivity contribution in [1.29, 1.82) is 0 Å². The van der Waals surface area contributed by atoms with Crippen molar-refractivity contribution < 1.29 is 0 Å². The molecular formula is C12H17N6+. The minimum atomic E-state index is 0.338. The molecule has 0 amide bonds. The van der Waals surface area contributed by atoms with Gasteiger partial charge in [0.05, 0.1) is 26.0 Å². The first-order chi connectivity index (χ1) is 8.77. The van der Waals surface area contributed by atoms with E-state index in [0.717, 1.165) is 21.7 Å². The van der Waals surface area contributed by atoms with E-state index in [-0.39, 0.29) is 0 Å². The molecule has 6 heteroatoms. The van der Waals surface area contributed by atoms with E-state index in [1.807, 2.05) is 0 Å². The highest BCUT2D eigenvalue weighted by Crippen LogP contribution is 2.39. The van der Waals surface area contributed by atoms with Crippen LogP contribution in [0.15, 0.2) is 6.33 Å². The van der Waals surface area contributed by atoms with E-state index >= 15 is 0 Å². The third-order valence-corrected chi connectivity index (χ3v) is 4.63. The number of H-pyrrole nitrogens is 1. The van der Waals surface area contributed by atoms with Crippen LogP contribution in [0.4, 0.5) is 11.8 Å². The molecule has 0 atom stereocenters. The minimum Gasteiger partial charge on any atom is -0.368 e. The number of rotatable bonds is 1. The van der Waals surface area contributed by atoms with Gasteiger partial charge in [-0.05, 0) is 5.92 Å². The van der Waals surface area contributed by atoms with Crippen LogP contribution in [0.3, 0.4) is 0 Å². The van der Waals surface area contributed by atoms with Crippen molar-refractivity contribution in [2.45, 2.75) is 19.3 Å². The van der Waals surface area contributed by atoms with Crippen molar-refractivity contribution in [3.05, 3.63) is 6.33 Å². The van der Waals surface area contributed by atoms with Gasteiger partial charge in [-0.25, -0.2) is 4.98 Å². The predicted molar refractivity (Wildman–Crippen MR) is 69.8 cm³/mol. The maximum atomic E-state index is 5.83. The molecule has 5 rings (SSSR count). The molecule has 3 saturated heterocycles. The van der Waals surface area contributed by atoms with E-state index in [1.54, 1.807) is 6.33 Å². The molecule has 3 fully saturated rings. The van der Waals surface area contributed by atoms with Crippen LogP contribution < -0.4 is 10.2 Å². The molecule has 2 bridgehead atoms. The fourth-order valence-electron chi connectivity index (χ4n) is 3.55. The number of imidazole rings is 1. The second-order valence-electron chi connectivity index (χ2n) is 5.55. The second-order valence-corrected chi connectivity index (χ2v) is 5.55. The van der Waals surface area contributed by atoms with Gasteiger partial charge in [0, 0.05) is 19.3 Å². The molecule has 0 aliphatic carbocycles. The molecule has 2 aromatic heterocycles. The fourth-order valence-corrected chi connectivity index (χ4v) is 3.55. The van der Waals surface area contributed by atoms with Crippen molar-refractivity contribution in [3.63, 3.8) is 0 Å². The van der Waals surface area contributed by atoms with Crippen LogP contribution >= 0.6 is 0 Å². The fraction of sp³-hybridized carbons (Fsp3) is 0.583. The highest BCUT2D eigenvalue weighted by atomic mass is 15.4. The Labute approximate surface area is 105 Å². The van der Waals surface area contributed by atoms with Gasteiger partial charge >= 0.3 is 0 Å². The van der Waals surface area contributed by atoms with E-state index in [9.17, 15) is 0 Å². The largest absolute Gasteiger partial charge is 0.368 e. The van der Waals surface area contributed by atoms with Crippen molar-refractivity contribution in [2.24, 2.45) is 5.92 Å². The first kappa shape index (κ1) is 10.3. The molecule has 0 spiro atoms. The Bertz CT molecular complexity index is 582. The average Bonchev–Trinajstić information content (AvgIpc) is 2.88. The first-order valence-corrected chi connectivity index (χ1v) is 6.60. The van der Waals surface area contributed by atoms with Crippen LogP contribution in [0.2, 0.25) is 0 Å². The Hall–Kier alpha value is -1.69. The van der Waals surface area contributed by atoms with E-state index in [2.05, 4.69) is 19.9 Å². The van der Waals surface area contributed by atoms with Crippen LogP contribution in [0.5, 0.6) is 0 Å². The van der Waals surface area contributed by atoms with E-state index in [0.29, 0.717) is 11.6 Å².